The van der Waals surface area contributed by atoms with Gasteiger partial charge in [0, 0.05) is 59.4 Å². The molecule has 1 rings (SSSR count). The second kappa shape index (κ2) is 14.6. The first kappa shape index (κ1) is 25.7. The van der Waals surface area contributed by atoms with Crippen LogP contribution in [0.1, 0.15) is 72.1 Å². The number of hydrogen-bond donors (Lipinski definition) is 2. The normalized spacial score (nSPS) is 16.7. The first-order valence-electron chi connectivity index (χ1n) is 11.2. The van der Waals surface area contributed by atoms with Gasteiger partial charge in [-0.2, -0.15) is 0 Å². The van der Waals surface area contributed by atoms with Crippen molar-refractivity contribution in [1.82, 2.24) is 15.5 Å². The van der Waals surface area contributed by atoms with E-state index in [-0.39, 0.29) is 11.6 Å². The van der Waals surface area contributed by atoms with E-state index < -0.39 is 0 Å². The highest BCUT2D eigenvalue weighted by Gasteiger charge is 2.19. The minimum atomic E-state index is -0.384. The number of esters is 1. The predicted octanol–water partition coefficient (Wildman–Crippen LogP) is 2.94. The molecule has 0 saturated carbocycles. The molecule has 7 heteroatoms. The number of nitrogens with one attached hydrogen (secondary N) is 2. The molecule has 0 radical (unpaired) electrons. The van der Waals surface area contributed by atoms with E-state index >= 15 is 0 Å². The molecular formula is C22H44N4O3. The molecule has 0 aromatic carbocycles. The number of ether oxygens (including phenoxy) is 2. The van der Waals surface area contributed by atoms with Crippen molar-refractivity contribution in [2.75, 3.05) is 46.9 Å². The molecule has 7 nitrogen and oxygen atoms in total. The fourth-order valence-corrected chi connectivity index (χ4v) is 3.47. The number of aliphatic imine (C=N–C) groups is 1. The summed E-state index contributed by atoms with van der Waals surface area (Å²) in [6.07, 6.45) is 8.04. The number of hydrogen-bond acceptors (Lipinski definition) is 5. The number of piperidine rings is 1. The highest BCUT2D eigenvalue weighted by molar-refractivity contribution is 5.79. The van der Waals surface area contributed by atoms with Gasteiger partial charge in [-0.25, -0.2) is 0 Å². The van der Waals surface area contributed by atoms with Gasteiger partial charge < -0.3 is 25.0 Å². The molecule has 29 heavy (non-hydrogen) atoms. The van der Waals surface area contributed by atoms with Crippen molar-refractivity contribution < 1.29 is 14.3 Å². The Morgan fingerprint density at radius 1 is 1.10 bits per heavy atom. The number of likely N-dealkylation sites (tertiary alicyclic amines) is 1. The molecule has 1 saturated heterocycles. The average molecular weight is 413 g/mol. The molecule has 0 aromatic rings. The van der Waals surface area contributed by atoms with Gasteiger partial charge in [-0.1, -0.05) is 12.8 Å². The summed E-state index contributed by atoms with van der Waals surface area (Å²) in [7, 11) is 3.59. The summed E-state index contributed by atoms with van der Waals surface area (Å²) in [5, 5.41) is 6.98. The molecule has 0 spiro atoms. The van der Waals surface area contributed by atoms with Crippen LogP contribution in [0.15, 0.2) is 4.99 Å². The van der Waals surface area contributed by atoms with E-state index in [0.717, 1.165) is 83.7 Å². The summed E-state index contributed by atoms with van der Waals surface area (Å²) in [5.74, 6) is 0.807. The summed E-state index contributed by atoms with van der Waals surface area (Å²) >= 11 is 0. The van der Waals surface area contributed by atoms with Crippen LogP contribution in [0.2, 0.25) is 0 Å². The van der Waals surface area contributed by atoms with Gasteiger partial charge in [0.1, 0.15) is 5.60 Å². The molecule has 1 fully saturated rings. The molecule has 0 atom stereocenters. The Balaban J connectivity index is 2.06. The smallest absolute Gasteiger partial charge is 0.306 e. The van der Waals surface area contributed by atoms with Crippen LogP contribution in [0.5, 0.6) is 0 Å². The molecule has 0 aromatic heterocycles. The lowest BCUT2D eigenvalue weighted by molar-refractivity contribution is -0.154. The Morgan fingerprint density at radius 3 is 2.41 bits per heavy atom. The van der Waals surface area contributed by atoms with Crippen LogP contribution in [0.4, 0.5) is 0 Å². The Kier molecular flexibility index (Phi) is 12.9. The molecule has 1 aliphatic rings. The zero-order valence-electron chi connectivity index (χ0n) is 19.4. The first-order chi connectivity index (χ1) is 13.8. The summed E-state index contributed by atoms with van der Waals surface area (Å²) in [5.41, 5.74) is -0.384. The third-order valence-corrected chi connectivity index (χ3v) is 4.99. The molecule has 0 bridgehead atoms. The highest BCUT2D eigenvalue weighted by atomic mass is 16.6. The SMILES string of the molecule is CN=C(NCCCCCCC(=O)OC(C)(C)C)NC1CCN(CCCOC)CC1. The van der Waals surface area contributed by atoms with Crippen molar-refractivity contribution in [1.29, 1.82) is 0 Å². The van der Waals surface area contributed by atoms with Crippen LogP contribution < -0.4 is 10.6 Å². The number of unbranched alkanes of at least 4 members (excludes halogenated alkanes) is 3. The predicted molar refractivity (Wildman–Crippen MR) is 119 cm³/mol. The fraction of sp³-hybridized carbons (Fsp3) is 0.909. The number of guanidine groups is 1. The Hall–Kier alpha value is -1.34. The van der Waals surface area contributed by atoms with Crippen LogP contribution in [0.25, 0.3) is 0 Å². The van der Waals surface area contributed by atoms with Gasteiger partial charge in [0.15, 0.2) is 5.96 Å². The number of rotatable bonds is 12. The summed E-state index contributed by atoms with van der Waals surface area (Å²) in [6, 6.07) is 0.494. The van der Waals surface area contributed by atoms with Gasteiger partial charge in [0.2, 0.25) is 0 Å². The maximum absolute atomic E-state index is 11.7. The Labute approximate surface area is 178 Å². The van der Waals surface area contributed by atoms with E-state index in [0.29, 0.717) is 12.5 Å². The Morgan fingerprint density at radius 2 is 1.79 bits per heavy atom. The second-order valence-electron chi connectivity index (χ2n) is 8.86. The minimum Gasteiger partial charge on any atom is -0.460 e. The molecule has 0 unspecified atom stereocenters. The van der Waals surface area contributed by atoms with Gasteiger partial charge in [0.05, 0.1) is 0 Å². The number of methoxy groups -OCH3 is 1. The van der Waals surface area contributed by atoms with E-state index in [1.807, 2.05) is 27.8 Å². The van der Waals surface area contributed by atoms with E-state index in [9.17, 15) is 4.79 Å². The first-order valence-corrected chi connectivity index (χ1v) is 11.2. The zero-order valence-corrected chi connectivity index (χ0v) is 19.4. The molecular weight excluding hydrogens is 368 g/mol. The summed E-state index contributed by atoms with van der Waals surface area (Å²) in [6.45, 7) is 10.9. The largest absolute Gasteiger partial charge is 0.460 e. The maximum atomic E-state index is 11.7. The zero-order chi connectivity index (χ0) is 21.5. The Bertz CT molecular complexity index is 469. The van der Waals surface area contributed by atoms with Gasteiger partial charge >= 0.3 is 5.97 Å². The van der Waals surface area contributed by atoms with Crippen molar-refractivity contribution in [3.63, 3.8) is 0 Å². The van der Waals surface area contributed by atoms with Crippen molar-refractivity contribution >= 4 is 11.9 Å². The molecule has 0 aliphatic carbocycles. The third-order valence-electron chi connectivity index (χ3n) is 4.99. The van der Waals surface area contributed by atoms with Crippen LogP contribution in [-0.4, -0.2) is 75.4 Å². The second-order valence-corrected chi connectivity index (χ2v) is 8.86. The van der Waals surface area contributed by atoms with E-state index in [2.05, 4.69) is 20.5 Å². The quantitative estimate of drug-likeness (QED) is 0.222. The van der Waals surface area contributed by atoms with Crippen molar-refractivity contribution in [3.8, 4) is 0 Å². The van der Waals surface area contributed by atoms with E-state index in [4.69, 9.17) is 9.47 Å². The van der Waals surface area contributed by atoms with Gasteiger partial charge in [-0.3, -0.25) is 9.79 Å². The number of nitrogens with zero attached hydrogens (tertiary/aromatic N) is 2. The maximum Gasteiger partial charge on any atom is 0.306 e. The van der Waals surface area contributed by atoms with Crippen LogP contribution in [0, 0.1) is 0 Å². The third kappa shape index (κ3) is 13.5. The molecule has 170 valence electrons. The molecule has 2 N–H and O–H groups in total. The van der Waals surface area contributed by atoms with Crippen molar-refractivity contribution in [2.24, 2.45) is 4.99 Å². The summed E-state index contributed by atoms with van der Waals surface area (Å²) < 4.78 is 10.5. The minimum absolute atomic E-state index is 0.0926. The number of carbonyl (C=O) groups excluding carboxylic acids is 1. The molecule has 1 aliphatic heterocycles. The molecule has 0 amide bonds. The van der Waals surface area contributed by atoms with E-state index in [1.54, 1.807) is 7.11 Å². The lowest BCUT2D eigenvalue weighted by Gasteiger charge is -2.33. The van der Waals surface area contributed by atoms with Crippen LogP contribution >= 0.6 is 0 Å². The van der Waals surface area contributed by atoms with Crippen molar-refractivity contribution in [3.05, 3.63) is 0 Å². The fourth-order valence-electron chi connectivity index (χ4n) is 3.47. The monoisotopic (exact) mass is 412 g/mol. The van der Waals surface area contributed by atoms with E-state index in [1.165, 1.54) is 0 Å². The van der Waals surface area contributed by atoms with Crippen molar-refractivity contribution in [2.45, 2.75) is 83.8 Å². The van der Waals surface area contributed by atoms with Crippen LogP contribution in [0.3, 0.4) is 0 Å². The molecule has 1 heterocycles. The van der Waals surface area contributed by atoms with Gasteiger partial charge in [-0.05, 0) is 52.9 Å². The van der Waals surface area contributed by atoms with Gasteiger partial charge in [-0.15, -0.1) is 0 Å². The lowest BCUT2D eigenvalue weighted by Crippen LogP contribution is -2.49. The standard InChI is InChI=1S/C22H44N4O3/c1-22(2,3)29-20(27)11-8-6-7-9-14-24-21(23-4)25-19-12-16-26(17-13-19)15-10-18-28-5/h19H,6-18H2,1-5H3,(H2,23,24,25). The summed E-state index contributed by atoms with van der Waals surface area (Å²) in [4.78, 5) is 18.6. The topological polar surface area (TPSA) is 75.2 Å². The number of carbonyl (C=O) groups is 1. The average Bonchev–Trinajstić information content (AvgIpc) is 2.66. The van der Waals surface area contributed by atoms with Crippen LogP contribution in [-0.2, 0) is 14.3 Å². The lowest BCUT2D eigenvalue weighted by atomic mass is 10.1. The highest BCUT2D eigenvalue weighted by Crippen LogP contribution is 2.12. The van der Waals surface area contributed by atoms with Gasteiger partial charge in [0.25, 0.3) is 0 Å².